The zero-order chi connectivity index (χ0) is 20.4. The summed E-state index contributed by atoms with van der Waals surface area (Å²) in [7, 11) is 1.49. The van der Waals surface area contributed by atoms with Gasteiger partial charge in [-0.3, -0.25) is 9.59 Å². The molecule has 7 nitrogen and oxygen atoms in total. The zero-order valence-corrected chi connectivity index (χ0v) is 15.9. The minimum atomic E-state index is -0.575. The van der Waals surface area contributed by atoms with Crippen molar-refractivity contribution in [3.05, 3.63) is 59.7 Å². The quantitative estimate of drug-likeness (QED) is 0.483. The SMILES string of the molecule is COc1cc(/C=C/C(=O)NCCOc2cccc(C)c2)ccc1OCC(N)=O. The van der Waals surface area contributed by atoms with Gasteiger partial charge in [0.2, 0.25) is 5.91 Å². The van der Waals surface area contributed by atoms with E-state index in [0.29, 0.717) is 24.7 Å². The van der Waals surface area contributed by atoms with Crippen molar-refractivity contribution in [2.75, 3.05) is 26.9 Å². The molecule has 0 atom stereocenters. The molecular formula is C21H24N2O5. The molecule has 0 aliphatic carbocycles. The van der Waals surface area contributed by atoms with Crippen LogP contribution in [0.3, 0.4) is 0 Å². The second-order valence-corrected chi connectivity index (χ2v) is 5.95. The number of ether oxygens (including phenoxy) is 3. The lowest BCUT2D eigenvalue weighted by molar-refractivity contribution is -0.120. The van der Waals surface area contributed by atoms with Gasteiger partial charge in [-0.25, -0.2) is 0 Å². The van der Waals surface area contributed by atoms with Gasteiger partial charge in [-0.1, -0.05) is 18.2 Å². The number of rotatable bonds is 10. The summed E-state index contributed by atoms with van der Waals surface area (Å²) in [4.78, 5) is 22.7. The van der Waals surface area contributed by atoms with Crippen LogP contribution < -0.4 is 25.3 Å². The van der Waals surface area contributed by atoms with Crippen LogP contribution in [0.5, 0.6) is 17.2 Å². The number of carbonyl (C=O) groups excluding carboxylic acids is 2. The van der Waals surface area contributed by atoms with Gasteiger partial charge in [0, 0.05) is 6.08 Å². The van der Waals surface area contributed by atoms with Gasteiger partial charge in [0.1, 0.15) is 12.4 Å². The maximum absolute atomic E-state index is 11.9. The smallest absolute Gasteiger partial charge is 0.255 e. The van der Waals surface area contributed by atoms with E-state index in [-0.39, 0.29) is 12.5 Å². The summed E-state index contributed by atoms with van der Waals surface area (Å²) in [5.74, 6) is 0.803. The Morgan fingerprint density at radius 1 is 1.11 bits per heavy atom. The third-order valence-electron chi connectivity index (χ3n) is 3.64. The number of methoxy groups -OCH3 is 1. The summed E-state index contributed by atoms with van der Waals surface area (Å²) in [6.45, 7) is 2.52. The van der Waals surface area contributed by atoms with Gasteiger partial charge in [-0.2, -0.15) is 0 Å². The Morgan fingerprint density at radius 2 is 1.93 bits per heavy atom. The van der Waals surface area contributed by atoms with Crippen LogP contribution in [0.15, 0.2) is 48.5 Å². The molecule has 0 spiro atoms. The number of nitrogens with two attached hydrogens (primary N) is 1. The molecule has 0 aromatic heterocycles. The Bertz CT molecular complexity index is 848. The largest absolute Gasteiger partial charge is 0.493 e. The number of primary amides is 1. The Morgan fingerprint density at radius 3 is 2.64 bits per heavy atom. The molecule has 148 valence electrons. The lowest BCUT2D eigenvalue weighted by atomic mass is 10.2. The van der Waals surface area contributed by atoms with E-state index < -0.39 is 5.91 Å². The van der Waals surface area contributed by atoms with Gasteiger partial charge in [0.15, 0.2) is 18.1 Å². The summed E-state index contributed by atoms with van der Waals surface area (Å²) in [5, 5.41) is 2.75. The maximum Gasteiger partial charge on any atom is 0.255 e. The molecule has 0 saturated heterocycles. The molecule has 0 unspecified atom stereocenters. The van der Waals surface area contributed by atoms with Crippen LogP contribution in [0.25, 0.3) is 6.08 Å². The van der Waals surface area contributed by atoms with Crippen LogP contribution in [0.2, 0.25) is 0 Å². The zero-order valence-electron chi connectivity index (χ0n) is 15.9. The summed E-state index contributed by atoms with van der Waals surface area (Å²) in [5.41, 5.74) is 6.92. The second kappa shape index (κ2) is 10.6. The molecule has 2 rings (SSSR count). The molecule has 0 aliphatic rings. The van der Waals surface area contributed by atoms with Crippen LogP contribution in [0.1, 0.15) is 11.1 Å². The summed E-state index contributed by atoms with van der Waals surface area (Å²) < 4.78 is 16.1. The van der Waals surface area contributed by atoms with Crippen molar-refractivity contribution in [2.45, 2.75) is 6.92 Å². The van der Waals surface area contributed by atoms with E-state index in [2.05, 4.69) is 5.32 Å². The average molecular weight is 384 g/mol. The van der Waals surface area contributed by atoms with E-state index in [4.69, 9.17) is 19.9 Å². The molecule has 0 heterocycles. The Hall–Kier alpha value is -3.48. The number of hydrogen-bond acceptors (Lipinski definition) is 5. The van der Waals surface area contributed by atoms with Gasteiger partial charge >= 0.3 is 0 Å². The molecule has 2 amide bonds. The van der Waals surface area contributed by atoms with Crippen LogP contribution >= 0.6 is 0 Å². The number of aryl methyl sites for hydroxylation is 1. The van der Waals surface area contributed by atoms with Gasteiger partial charge in [0.25, 0.3) is 5.91 Å². The lowest BCUT2D eigenvalue weighted by Gasteiger charge is -2.10. The van der Waals surface area contributed by atoms with Crippen molar-refractivity contribution in [3.63, 3.8) is 0 Å². The molecule has 2 aromatic carbocycles. The van der Waals surface area contributed by atoms with E-state index in [1.165, 1.54) is 13.2 Å². The molecule has 0 bridgehead atoms. The Kier molecular flexibility index (Phi) is 7.90. The Labute approximate surface area is 164 Å². The molecule has 0 radical (unpaired) electrons. The molecule has 0 saturated carbocycles. The van der Waals surface area contributed by atoms with Crippen LogP contribution in [-0.2, 0) is 9.59 Å². The van der Waals surface area contributed by atoms with E-state index >= 15 is 0 Å². The highest BCUT2D eigenvalue weighted by Crippen LogP contribution is 2.28. The third-order valence-corrected chi connectivity index (χ3v) is 3.64. The van der Waals surface area contributed by atoms with Gasteiger partial charge in [-0.05, 0) is 48.4 Å². The third kappa shape index (κ3) is 7.03. The lowest BCUT2D eigenvalue weighted by Crippen LogP contribution is -2.26. The number of carbonyl (C=O) groups is 2. The van der Waals surface area contributed by atoms with E-state index in [1.54, 1.807) is 24.3 Å². The topological polar surface area (TPSA) is 99.9 Å². The first-order valence-corrected chi connectivity index (χ1v) is 8.72. The highest BCUT2D eigenvalue weighted by Gasteiger charge is 2.06. The van der Waals surface area contributed by atoms with Gasteiger partial charge in [-0.15, -0.1) is 0 Å². The average Bonchev–Trinajstić information content (AvgIpc) is 2.68. The number of amides is 2. The molecule has 3 N–H and O–H groups in total. The van der Waals surface area contributed by atoms with Crippen molar-refractivity contribution in [1.29, 1.82) is 0 Å². The molecular weight excluding hydrogens is 360 g/mol. The van der Waals surface area contributed by atoms with E-state index in [1.807, 2.05) is 31.2 Å². The standard InChI is InChI=1S/C21H24N2O5/c1-15-4-3-5-17(12-15)27-11-10-23-21(25)9-7-16-6-8-18(19(13-16)26-2)28-14-20(22)24/h3-9,12-13H,10-11,14H2,1-2H3,(H2,22,24)(H,23,25)/b9-7+. The summed E-state index contributed by atoms with van der Waals surface area (Å²) >= 11 is 0. The number of benzene rings is 2. The highest BCUT2D eigenvalue weighted by atomic mass is 16.5. The summed E-state index contributed by atoms with van der Waals surface area (Å²) in [6.07, 6.45) is 3.07. The van der Waals surface area contributed by atoms with Crippen molar-refractivity contribution in [1.82, 2.24) is 5.32 Å². The fourth-order valence-electron chi connectivity index (χ4n) is 2.34. The minimum absolute atomic E-state index is 0.235. The van der Waals surface area contributed by atoms with Crippen molar-refractivity contribution < 1.29 is 23.8 Å². The summed E-state index contributed by atoms with van der Waals surface area (Å²) in [6, 6.07) is 12.8. The predicted octanol–water partition coefficient (Wildman–Crippen LogP) is 2.08. The van der Waals surface area contributed by atoms with Crippen molar-refractivity contribution >= 4 is 17.9 Å². The maximum atomic E-state index is 11.9. The first-order chi connectivity index (χ1) is 13.5. The van der Waals surface area contributed by atoms with Crippen molar-refractivity contribution in [3.8, 4) is 17.2 Å². The molecule has 0 aliphatic heterocycles. The number of hydrogen-bond donors (Lipinski definition) is 2. The first-order valence-electron chi connectivity index (χ1n) is 8.72. The minimum Gasteiger partial charge on any atom is -0.493 e. The normalized spacial score (nSPS) is 10.5. The van der Waals surface area contributed by atoms with E-state index in [9.17, 15) is 9.59 Å². The highest BCUT2D eigenvalue weighted by molar-refractivity contribution is 5.91. The first kappa shape index (κ1) is 20.8. The van der Waals surface area contributed by atoms with Gasteiger partial charge < -0.3 is 25.3 Å². The molecule has 2 aromatic rings. The fourth-order valence-corrected chi connectivity index (χ4v) is 2.34. The molecule has 7 heteroatoms. The molecule has 28 heavy (non-hydrogen) atoms. The monoisotopic (exact) mass is 384 g/mol. The molecule has 0 fully saturated rings. The van der Waals surface area contributed by atoms with Gasteiger partial charge in [0.05, 0.1) is 13.7 Å². The fraction of sp³-hybridized carbons (Fsp3) is 0.238. The van der Waals surface area contributed by atoms with Crippen LogP contribution in [0, 0.1) is 6.92 Å². The van der Waals surface area contributed by atoms with Crippen molar-refractivity contribution in [2.24, 2.45) is 5.73 Å². The Balaban J connectivity index is 1.81. The van der Waals surface area contributed by atoms with Crippen LogP contribution in [0.4, 0.5) is 0 Å². The van der Waals surface area contributed by atoms with E-state index in [0.717, 1.165) is 16.9 Å². The number of nitrogens with one attached hydrogen (secondary N) is 1. The van der Waals surface area contributed by atoms with Crippen LogP contribution in [-0.4, -0.2) is 38.7 Å². The second-order valence-electron chi connectivity index (χ2n) is 5.95. The predicted molar refractivity (Wildman–Crippen MR) is 106 cm³/mol.